The van der Waals surface area contributed by atoms with E-state index in [0.29, 0.717) is 12.3 Å². The molecule has 1 aliphatic rings. The molecule has 0 bridgehead atoms. The van der Waals surface area contributed by atoms with Crippen LogP contribution in [0.3, 0.4) is 0 Å². The van der Waals surface area contributed by atoms with Gasteiger partial charge in [-0.25, -0.2) is 0 Å². The van der Waals surface area contributed by atoms with Crippen LogP contribution < -0.4 is 0 Å². The van der Waals surface area contributed by atoms with Crippen molar-refractivity contribution >= 4 is 5.91 Å². The van der Waals surface area contributed by atoms with Crippen LogP contribution in [0.25, 0.3) is 11.3 Å². The van der Waals surface area contributed by atoms with Crippen molar-refractivity contribution in [2.24, 2.45) is 5.92 Å². The lowest BCUT2D eigenvalue weighted by atomic mass is 9.97. The molecule has 3 rings (SSSR count). The summed E-state index contributed by atoms with van der Waals surface area (Å²) in [5.41, 5.74) is 3.46. The van der Waals surface area contributed by atoms with Gasteiger partial charge in [0, 0.05) is 38.7 Å². The quantitative estimate of drug-likeness (QED) is 0.922. The smallest absolute Gasteiger partial charge is 0.222 e. The van der Waals surface area contributed by atoms with Gasteiger partial charge in [-0.05, 0) is 24.9 Å². The van der Waals surface area contributed by atoms with Crippen LogP contribution in [-0.2, 0) is 11.3 Å². The number of rotatable bonds is 5. The van der Waals surface area contributed by atoms with Crippen LogP contribution in [0.15, 0.2) is 36.5 Å². The first-order chi connectivity index (χ1) is 11.1. The second-order valence-electron chi connectivity index (χ2n) is 6.51. The van der Waals surface area contributed by atoms with Crippen molar-refractivity contribution in [1.82, 2.24) is 20.0 Å². The van der Waals surface area contributed by atoms with Crippen LogP contribution in [0, 0.1) is 5.92 Å². The van der Waals surface area contributed by atoms with Crippen molar-refractivity contribution in [2.75, 3.05) is 27.2 Å². The second kappa shape index (κ2) is 6.96. The Morgan fingerprint density at radius 2 is 2.13 bits per heavy atom. The molecule has 0 saturated carbocycles. The van der Waals surface area contributed by atoms with E-state index in [-0.39, 0.29) is 5.91 Å². The number of H-pyrrole nitrogens is 1. The normalized spacial score (nSPS) is 18.7. The second-order valence-corrected chi connectivity index (χ2v) is 6.51. The lowest BCUT2D eigenvalue weighted by Gasteiger charge is -2.32. The number of aromatic nitrogens is 2. The SMILES string of the molecule is CN(Cc1cn[nH]c1-c1ccccc1)CC1CCC(=O)N(C)C1. The fraction of sp³-hybridized carbons (Fsp3) is 0.444. The van der Waals surface area contributed by atoms with Crippen LogP contribution in [0.1, 0.15) is 18.4 Å². The molecule has 23 heavy (non-hydrogen) atoms. The first kappa shape index (κ1) is 15.7. The minimum absolute atomic E-state index is 0.269. The average molecular weight is 312 g/mol. The van der Waals surface area contributed by atoms with Crippen LogP contribution in [0.2, 0.25) is 0 Å². The molecule has 2 heterocycles. The van der Waals surface area contributed by atoms with Gasteiger partial charge < -0.3 is 9.80 Å². The molecule has 1 aliphatic heterocycles. The summed E-state index contributed by atoms with van der Waals surface area (Å²) in [5, 5.41) is 7.33. The molecule has 5 nitrogen and oxygen atoms in total. The van der Waals surface area contributed by atoms with Crippen LogP contribution in [0.4, 0.5) is 0 Å². The van der Waals surface area contributed by atoms with Crippen molar-refractivity contribution in [3.8, 4) is 11.3 Å². The Labute approximate surface area is 137 Å². The molecule has 1 N–H and O–H groups in total. The van der Waals surface area contributed by atoms with Crippen LogP contribution in [0.5, 0.6) is 0 Å². The number of nitrogens with one attached hydrogen (secondary N) is 1. The molecular formula is C18H24N4O. The first-order valence-electron chi connectivity index (χ1n) is 8.13. The predicted molar refractivity (Wildman–Crippen MR) is 90.7 cm³/mol. The minimum Gasteiger partial charge on any atom is -0.345 e. The standard InChI is InChI=1S/C18H24N4O/c1-21(11-14-8-9-17(23)22(2)12-14)13-16-10-19-20-18(16)15-6-4-3-5-7-15/h3-7,10,14H,8-9,11-13H2,1-2H3,(H,19,20). The summed E-state index contributed by atoms with van der Waals surface area (Å²) < 4.78 is 0. The van der Waals surface area contributed by atoms with E-state index in [1.165, 1.54) is 5.56 Å². The largest absolute Gasteiger partial charge is 0.345 e. The van der Waals surface area contributed by atoms with Gasteiger partial charge >= 0.3 is 0 Å². The average Bonchev–Trinajstić information content (AvgIpc) is 3.00. The summed E-state index contributed by atoms with van der Waals surface area (Å²) in [6.45, 7) is 2.71. The molecule has 0 spiro atoms. The molecule has 0 aliphatic carbocycles. The Bertz CT molecular complexity index is 652. The number of carbonyl (C=O) groups is 1. The predicted octanol–water partition coefficient (Wildman–Crippen LogP) is 2.38. The fourth-order valence-electron chi connectivity index (χ4n) is 3.33. The van der Waals surface area contributed by atoms with Gasteiger partial charge in [0.15, 0.2) is 0 Å². The monoisotopic (exact) mass is 312 g/mol. The number of benzene rings is 1. The van der Waals surface area contributed by atoms with E-state index in [1.807, 2.05) is 36.3 Å². The molecular weight excluding hydrogens is 288 g/mol. The Balaban J connectivity index is 1.62. The number of piperidine rings is 1. The summed E-state index contributed by atoms with van der Waals surface area (Å²) in [5.74, 6) is 0.819. The van der Waals surface area contributed by atoms with Crippen molar-refractivity contribution in [1.29, 1.82) is 0 Å². The van der Waals surface area contributed by atoms with Crippen molar-refractivity contribution in [3.05, 3.63) is 42.1 Å². The maximum Gasteiger partial charge on any atom is 0.222 e. The molecule has 1 atom stereocenters. The highest BCUT2D eigenvalue weighted by Gasteiger charge is 2.24. The molecule has 1 aromatic heterocycles. The number of likely N-dealkylation sites (tertiary alicyclic amines) is 1. The summed E-state index contributed by atoms with van der Waals surface area (Å²) in [6.07, 6.45) is 3.58. The van der Waals surface area contributed by atoms with Gasteiger partial charge in [-0.15, -0.1) is 0 Å². The minimum atomic E-state index is 0.269. The number of hydrogen-bond acceptors (Lipinski definition) is 3. The summed E-state index contributed by atoms with van der Waals surface area (Å²) in [6, 6.07) is 10.3. The van der Waals surface area contributed by atoms with Crippen molar-refractivity contribution < 1.29 is 4.79 Å². The molecule has 1 amide bonds. The van der Waals surface area contributed by atoms with Gasteiger partial charge in [0.25, 0.3) is 0 Å². The highest BCUT2D eigenvalue weighted by atomic mass is 16.2. The van der Waals surface area contributed by atoms with E-state index in [9.17, 15) is 4.79 Å². The van der Waals surface area contributed by atoms with E-state index in [1.54, 1.807) is 0 Å². The fourth-order valence-corrected chi connectivity index (χ4v) is 3.33. The van der Waals surface area contributed by atoms with Gasteiger partial charge in [0.2, 0.25) is 5.91 Å². The molecule has 1 saturated heterocycles. The number of amides is 1. The van der Waals surface area contributed by atoms with Gasteiger partial charge in [-0.3, -0.25) is 9.89 Å². The van der Waals surface area contributed by atoms with Crippen molar-refractivity contribution in [2.45, 2.75) is 19.4 Å². The molecule has 1 fully saturated rings. The molecule has 1 unspecified atom stereocenters. The topological polar surface area (TPSA) is 52.2 Å². The zero-order chi connectivity index (χ0) is 16.2. The zero-order valence-electron chi connectivity index (χ0n) is 13.8. The maximum absolute atomic E-state index is 11.6. The number of aromatic amines is 1. The molecule has 1 aromatic carbocycles. The third-order valence-corrected chi connectivity index (χ3v) is 4.51. The highest BCUT2D eigenvalue weighted by Crippen LogP contribution is 2.23. The van der Waals surface area contributed by atoms with Gasteiger partial charge in [0.1, 0.15) is 0 Å². The van der Waals surface area contributed by atoms with Crippen LogP contribution in [-0.4, -0.2) is 53.1 Å². The Morgan fingerprint density at radius 1 is 1.35 bits per heavy atom. The number of nitrogens with zero attached hydrogens (tertiary/aromatic N) is 3. The van der Waals surface area contributed by atoms with Crippen LogP contribution >= 0.6 is 0 Å². The molecule has 5 heteroatoms. The highest BCUT2D eigenvalue weighted by molar-refractivity contribution is 5.76. The van der Waals surface area contributed by atoms with E-state index >= 15 is 0 Å². The van der Waals surface area contributed by atoms with E-state index in [2.05, 4.69) is 34.3 Å². The molecule has 0 radical (unpaired) electrons. The maximum atomic E-state index is 11.6. The van der Waals surface area contributed by atoms with E-state index in [0.717, 1.165) is 37.3 Å². The van der Waals surface area contributed by atoms with Gasteiger partial charge in [-0.2, -0.15) is 5.10 Å². The summed E-state index contributed by atoms with van der Waals surface area (Å²) in [7, 11) is 4.04. The Kier molecular flexibility index (Phi) is 4.76. The molecule has 2 aromatic rings. The lowest BCUT2D eigenvalue weighted by Crippen LogP contribution is -2.41. The Hall–Kier alpha value is -2.14. The number of carbonyl (C=O) groups excluding carboxylic acids is 1. The van der Waals surface area contributed by atoms with Gasteiger partial charge in [-0.1, -0.05) is 30.3 Å². The lowest BCUT2D eigenvalue weighted by molar-refractivity contribution is -0.133. The third-order valence-electron chi connectivity index (χ3n) is 4.51. The first-order valence-corrected chi connectivity index (χ1v) is 8.13. The van der Waals surface area contributed by atoms with E-state index in [4.69, 9.17) is 0 Å². The third kappa shape index (κ3) is 3.79. The molecule has 122 valence electrons. The Morgan fingerprint density at radius 3 is 2.87 bits per heavy atom. The van der Waals surface area contributed by atoms with Crippen molar-refractivity contribution in [3.63, 3.8) is 0 Å². The summed E-state index contributed by atoms with van der Waals surface area (Å²) >= 11 is 0. The zero-order valence-corrected chi connectivity index (χ0v) is 13.8. The van der Waals surface area contributed by atoms with E-state index < -0.39 is 0 Å². The van der Waals surface area contributed by atoms with Gasteiger partial charge in [0.05, 0.1) is 11.9 Å². The number of hydrogen-bond donors (Lipinski definition) is 1. The summed E-state index contributed by atoms with van der Waals surface area (Å²) in [4.78, 5) is 15.8.